The molecular weight excluding hydrogens is 1610 g/mol. The molecule has 3 heterocycles. The number of hydrogen-bond donors (Lipinski definition) is 0. The zero-order valence-electron chi connectivity index (χ0n) is 111. The van der Waals surface area contributed by atoms with Gasteiger partial charge in [-0.2, -0.15) is 18.2 Å². The molecule has 0 radical (unpaired) electrons. The van der Waals surface area contributed by atoms with E-state index in [2.05, 4.69) is 18.5 Å². The molecule has 0 unspecified atom stereocenters. The van der Waals surface area contributed by atoms with Crippen LogP contribution < -0.4 is 50.8 Å². The third kappa shape index (κ3) is 13.4. The average Bonchev–Trinajstić information content (AvgIpc) is 0.680. The number of nitrogens with zero attached hydrogens (tertiary/aromatic N) is 4. The fraction of sp³-hybridized carbons (Fsp3) is 0.0467. The summed E-state index contributed by atoms with van der Waals surface area (Å²) in [4.78, 5) is 4.69. The number of rotatable bonds is 18. The maximum atomic E-state index is 11.7. The fourth-order valence-corrected chi connectivity index (χ4v) is 21.2. The first kappa shape index (κ1) is 35.9. The van der Waals surface area contributed by atoms with Gasteiger partial charge in [-0.25, -0.2) is 4.98 Å². The van der Waals surface area contributed by atoms with Gasteiger partial charge in [-0.05, 0) is 156 Å². The Morgan fingerprint density at radius 3 is 1.37 bits per heavy atom. The van der Waals surface area contributed by atoms with Crippen LogP contribution in [0.25, 0.3) is 106 Å². The molecule has 16 aromatic carbocycles. The van der Waals surface area contributed by atoms with Gasteiger partial charge in [0.25, 0.3) is 6.33 Å². The van der Waals surface area contributed by atoms with Crippen LogP contribution in [0.15, 0.2) is 411 Å². The summed E-state index contributed by atoms with van der Waals surface area (Å²) < 4.78 is 507. The minimum atomic E-state index is -7.08. The van der Waals surface area contributed by atoms with Crippen LogP contribution in [-0.4, -0.2) is 30.3 Å². The Bertz CT molecular complexity index is 9110. The van der Waals surface area contributed by atoms with E-state index in [0.29, 0.717) is 27.4 Å². The first-order valence-corrected chi connectivity index (χ1v) is 39.0. The number of pyridine rings is 1. The summed E-state index contributed by atoms with van der Waals surface area (Å²) in [7, 11) is -14.2. The molecule has 0 amide bonds. The standard InChI is InChI=1S/C107H80N4OSi2.Pt/c1-76-66-105(108-74-100(76)79-36-15-6-16-37-79)111-101-57-30-29-56-96(101)97-64-63-87(73-103(97)111)112-86-41-33-40-85(72-86)109-75-110(102-65-60-80(71-104(102)109)78-58-61-84(62-59-78)107(2,3)4)106-98(81-38-31-54-94(67-81)113(88-42-17-7-18-43-88,89-44-19-8-20-45-89)90-46-21-9-22-47-90)69-83(77-34-13-5-14-35-77)70-99(106)82-39-32-55-95(68-82)114(91-48-23-10-24-49-91,92-50-25-11-26-51-92)93-52-27-12-28-53-93;/h5-71,74H,1-4H3;/q-2;/i1D3,5D,6D,7D,8D,9D,10D,11D,12D,13D,14D,15D,16D,17D,18D,19D,20D,21D,22D,23D,24D,25D,26D,27D,28D,31D,32D,34D,35D,36D,37D,38D,39D,42D,43D,44D,45D,46D,47D,48D,49D,50D,51D,52D,53D,54D,55D,67D,68D;. The van der Waals surface area contributed by atoms with Gasteiger partial charge in [0.2, 0.25) is 0 Å². The van der Waals surface area contributed by atoms with Crippen LogP contribution in [0.4, 0.5) is 0 Å². The summed E-state index contributed by atoms with van der Waals surface area (Å²) in [6.07, 6.45) is 4.32. The number of aryl methyl sites for hydroxylation is 1. The molecule has 0 fully saturated rings. The number of aromatic nitrogens is 4. The minimum Gasteiger partial charge on any atom is -0.510 e. The Balaban J connectivity index is 0.0000176. The van der Waals surface area contributed by atoms with E-state index < -0.39 is 410 Å². The fourth-order valence-electron chi connectivity index (χ4n) is 14.1. The third-order valence-electron chi connectivity index (χ3n) is 19.3. The second-order valence-corrected chi connectivity index (χ2v) is 33.7. The predicted molar refractivity (Wildman–Crippen MR) is 478 cm³/mol. The Morgan fingerprint density at radius 1 is 0.391 bits per heavy atom. The normalized spacial score (nSPS) is 18.1. The van der Waals surface area contributed by atoms with Gasteiger partial charge in [0.1, 0.15) is 5.82 Å². The van der Waals surface area contributed by atoms with E-state index in [1.807, 2.05) is 32.9 Å². The molecule has 0 N–H and O–H groups in total. The summed E-state index contributed by atoms with van der Waals surface area (Å²) in [5, 5.41) is -10.3. The Morgan fingerprint density at radius 2 is 0.861 bits per heavy atom. The molecule has 0 aliphatic rings. The number of ether oxygens (including phenoxy) is 1. The van der Waals surface area contributed by atoms with Gasteiger partial charge in [0, 0.05) is 54.0 Å². The van der Waals surface area contributed by atoms with E-state index in [1.54, 1.807) is 42.5 Å². The van der Waals surface area contributed by atoms with E-state index in [-0.39, 0.29) is 66.2 Å². The van der Waals surface area contributed by atoms with Gasteiger partial charge in [0.15, 0.2) is 16.1 Å². The van der Waals surface area contributed by atoms with E-state index in [1.165, 1.54) is 57.7 Å². The molecule has 0 saturated carbocycles. The van der Waals surface area contributed by atoms with Crippen molar-refractivity contribution in [3.63, 3.8) is 0 Å². The van der Waals surface area contributed by atoms with Crippen molar-refractivity contribution in [2.75, 3.05) is 0 Å². The van der Waals surface area contributed by atoms with E-state index in [4.69, 9.17) is 30.3 Å². The van der Waals surface area contributed by atoms with Crippen LogP contribution in [0.5, 0.6) is 11.5 Å². The SMILES string of the molecule is [2H]c1c([2H])c([2H])c(-c2cc(-c3c([2H])c([2H])c([2H])c([Si](c4c([2H])c([2H])c([2H])c([2H])c4[2H])(c4c([2H])c([2H])c([2H])c([2H])c4[2H])c4c([2H])c([2H])c([2H])c([2H])c4[2H])c3[2H])c(-[n+]3[c-]n(-c4[c-]c(Oc5[c-]c6c(cc5)c5ccccc5n6-c5cc(C([2H])([2H])[2H])c(-c6c([2H])c([2H])c([2H])c([2H])c6[2H])cn5)ccc4)c4cc(-c5ccc(C(C)(C)C)cc5)ccc43)c(-c3c([2H])c([2H])c([2H])c([Si](c4c([2H])c([2H])c([2H])c([2H])c4[2H])(c4c([2H])c([2H])c([2H])c([2H])c4[2H])c4c([2H])c([2H])c([2H])c([2H])c4[2H])c3[2H])c2)c([2H])c1[2H].[Pt]. The van der Waals surface area contributed by atoms with Gasteiger partial charge in [-0.15, -0.1) is 29.7 Å². The predicted octanol–water partition coefficient (Wildman–Crippen LogP) is 20.3. The Labute approximate surface area is 761 Å². The van der Waals surface area contributed by atoms with Crippen molar-refractivity contribution in [1.29, 1.82) is 0 Å². The summed E-state index contributed by atoms with van der Waals surface area (Å²) in [5.41, 5.74) is -8.13. The van der Waals surface area contributed by atoms with Crippen molar-refractivity contribution in [3.05, 3.63) is 441 Å². The molecule has 115 heavy (non-hydrogen) atoms. The molecular formula is C107H80N4OPtSi2-2. The summed E-state index contributed by atoms with van der Waals surface area (Å²) >= 11 is 0. The van der Waals surface area contributed by atoms with Crippen LogP contribution in [0.1, 0.15) is 102 Å². The van der Waals surface area contributed by atoms with E-state index in [9.17, 15) is 49.3 Å². The van der Waals surface area contributed by atoms with Gasteiger partial charge < -0.3 is 13.9 Å². The minimum absolute atomic E-state index is 0. The molecule has 0 aliphatic carbocycles. The molecule has 19 aromatic rings. The number of imidazole rings is 1. The second-order valence-electron chi connectivity index (χ2n) is 26.7. The maximum Gasteiger partial charge on any atom is 0.268 e. The molecule has 3 aromatic heterocycles. The van der Waals surface area contributed by atoms with Crippen LogP contribution in [0.3, 0.4) is 0 Å². The Hall–Kier alpha value is -13.1. The van der Waals surface area contributed by atoms with Crippen molar-refractivity contribution in [1.82, 2.24) is 14.1 Å². The molecule has 554 valence electrons. The molecule has 5 nitrogen and oxygen atoms in total. The zero-order valence-corrected chi connectivity index (χ0v) is 64.3. The van der Waals surface area contributed by atoms with Crippen LogP contribution in [-0.2, 0) is 26.5 Å². The van der Waals surface area contributed by atoms with Crippen molar-refractivity contribution < 1.29 is 100 Å². The summed E-state index contributed by atoms with van der Waals surface area (Å²) in [5.74, 6) is -0.472. The topological polar surface area (TPSA) is 35.9 Å². The van der Waals surface area contributed by atoms with E-state index >= 15 is 0 Å². The quantitative estimate of drug-likeness (QED) is 0.0371. The van der Waals surface area contributed by atoms with Crippen molar-refractivity contribution in [2.45, 2.75) is 33.0 Å². The second kappa shape index (κ2) is 31.1. The number of fused-ring (bicyclic) bond motifs is 4. The third-order valence-corrected chi connectivity index (χ3v) is 27.3. The van der Waals surface area contributed by atoms with Crippen molar-refractivity contribution >= 4 is 90.5 Å². The molecule has 8 heteroatoms. The number of benzene rings is 16. The van der Waals surface area contributed by atoms with Gasteiger partial charge in [-0.3, -0.25) is 4.57 Å². The summed E-state index contributed by atoms with van der Waals surface area (Å²) in [6.45, 7) is 2.75. The zero-order chi connectivity index (χ0) is 121. The molecule has 0 saturated heterocycles. The van der Waals surface area contributed by atoms with Gasteiger partial charge in [0.05, 0.1) is 82.5 Å². The van der Waals surface area contributed by atoms with Crippen molar-refractivity contribution in [3.8, 4) is 84.3 Å². The summed E-state index contributed by atoms with van der Waals surface area (Å²) in [6, 6.07) is -29.6. The first-order valence-electron chi connectivity index (χ1n) is 60.5. The van der Waals surface area contributed by atoms with Crippen molar-refractivity contribution in [2.24, 2.45) is 0 Å². The molecule has 0 aliphatic heterocycles. The van der Waals surface area contributed by atoms with Crippen LogP contribution in [0, 0.1) is 25.3 Å². The molecule has 0 atom stereocenters. The largest absolute Gasteiger partial charge is 0.510 e. The monoisotopic (exact) mass is 1740 g/mol. The molecule has 0 spiro atoms. The average molecular weight is 1740 g/mol. The number of para-hydroxylation sites is 1. The first-order chi connectivity index (χ1) is 77.2. The van der Waals surface area contributed by atoms with Gasteiger partial charge in [-0.1, -0.05) is 371 Å². The number of hydrogen-bond acceptors (Lipinski definition) is 2. The van der Waals surface area contributed by atoms with E-state index in [0.717, 1.165) is 28.5 Å². The Kier molecular flexibility index (Phi) is 9.71. The molecule has 19 rings (SSSR count). The van der Waals surface area contributed by atoms with Gasteiger partial charge >= 0.3 is 0 Å². The van der Waals surface area contributed by atoms with Crippen LogP contribution >= 0.6 is 0 Å². The molecule has 0 bridgehead atoms. The smallest absolute Gasteiger partial charge is 0.268 e. The maximum absolute atomic E-state index is 11.7. The van der Waals surface area contributed by atoms with Crippen LogP contribution in [0.2, 0.25) is 0 Å².